The summed E-state index contributed by atoms with van der Waals surface area (Å²) >= 11 is 3.51. The van der Waals surface area contributed by atoms with Crippen LogP contribution < -0.4 is 10.1 Å². The number of amides is 1. The van der Waals surface area contributed by atoms with Crippen LogP contribution in [0.5, 0.6) is 5.75 Å². The molecule has 0 radical (unpaired) electrons. The van der Waals surface area contributed by atoms with Crippen LogP contribution in [0, 0.1) is 0 Å². The maximum absolute atomic E-state index is 12.1. The molecule has 1 N–H and O–H groups in total. The first kappa shape index (κ1) is 16.1. The fraction of sp³-hybridized carbons (Fsp3) is 0.316. The SMILES string of the molecule is C[C@H](NC(=O)COc1ccc2c(c1)CCC2)c1ccccc1Br. The van der Waals surface area contributed by atoms with E-state index in [-0.39, 0.29) is 18.6 Å². The minimum absolute atomic E-state index is 0.0353. The standard InChI is InChI=1S/C19H20BrNO2/c1-13(17-7-2-3-8-18(17)20)21-19(22)12-23-16-10-9-14-5-4-6-15(14)11-16/h2-3,7-11,13H,4-6,12H2,1H3,(H,21,22)/t13-/m0/s1. The molecule has 0 saturated carbocycles. The molecule has 1 amide bonds. The number of carbonyl (C=O) groups excluding carboxylic acids is 1. The maximum Gasteiger partial charge on any atom is 0.258 e. The Labute approximate surface area is 145 Å². The van der Waals surface area contributed by atoms with Gasteiger partial charge in [-0.2, -0.15) is 0 Å². The number of aryl methyl sites for hydroxylation is 2. The topological polar surface area (TPSA) is 38.3 Å². The third kappa shape index (κ3) is 3.94. The number of nitrogens with one attached hydrogen (secondary N) is 1. The molecule has 4 heteroatoms. The van der Waals surface area contributed by atoms with E-state index in [9.17, 15) is 4.79 Å². The average molecular weight is 374 g/mol. The second-order valence-electron chi connectivity index (χ2n) is 5.88. The van der Waals surface area contributed by atoms with Gasteiger partial charge >= 0.3 is 0 Å². The molecule has 2 aromatic carbocycles. The first-order valence-electron chi connectivity index (χ1n) is 7.92. The van der Waals surface area contributed by atoms with E-state index in [0.29, 0.717) is 0 Å². The quantitative estimate of drug-likeness (QED) is 0.852. The molecule has 0 bridgehead atoms. The lowest BCUT2D eigenvalue weighted by Crippen LogP contribution is -2.31. The Morgan fingerprint density at radius 1 is 1.22 bits per heavy atom. The van der Waals surface area contributed by atoms with E-state index in [1.54, 1.807) is 0 Å². The van der Waals surface area contributed by atoms with Gasteiger partial charge in [0.05, 0.1) is 6.04 Å². The number of halogens is 1. The number of rotatable bonds is 5. The van der Waals surface area contributed by atoms with Crippen LogP contribution in [0.1, 0.15) is 36.1 Å². The van der Waals surface area contributed by atoms with Crippen molar-refractivity contribution < 1.29 is 9.53 Å². The Morgan fingerprint density at radius 2 is 2.00 bits per heavy atom. The first-order chi connectivity index (χ1) is 11.1. The number of fused-ring (bicyclic) bond motifs is 1. The third-order valence-corrected chi connectivity index (χ3v) is 4.91. The fourth-order valence-electron chi connectivity index (χ4n) is 2.97. The Kier molecular flexibility index (Phi) is 5.01. The van der Waals surface area contributed by atoms with Crippen molar-refractivity contribution in [3.8, 4) is 5.75 Å². The van der Waals surface area contributed by atoms with Gasteiger partial charge in [0.1, 0.15) is 5.75 Å². The van der Waals surface area contributed by atoms with Crippen LogP contribution >= 0.6 is 15.9 Å². The average Bonchev–Trinajstić information content (AvgIpc) is 3.01. The normalized spacial score (nSPS) is 14.2. The highest BCUT2D eigenvalue weighted by Crippen LogP contribution is 2.26. The number of hydrogen-bond acceptors (Lipinski definition) is 2. The van der Waals surface area contributed by atoms with Crippen LogP contribution in [0.15, 0.2) is 46.9 Å². The highest BCUT2D eigenvalue weighted by atomic mass is 79.9. The molecule has 1 aliphatic carbocycles. The van der Waals surface area contributed by atoms with Gasteiger partial charge in [-0.15, -0.1) is 0 Å². The van der Waals surface area contributed by atoms with Crippen LogP contribution in [-0.4, -0.2) is 12.5 Å². The summed E-state index contributed by atoms with van der Waals surface area (Å²) in [6, 6.07) is 13.9. The summed E-state index contributed by atoms with van der Waals surface area (Å²) in [5.41, 5.74) is 3.81. The van der Waals surface area contributed by atoms with Crippen LogP contribution in [0.25, 0.3) is 0 Å². The van der Waals surface area contributed by atoms with Crippen molar-refractivity contribution in [3.05, 3.63) is 63.6 Å². The van der Waals surface area contributed by atoms with Gasteiger partial charge in [0.2, 0.25) is 0 Å². The Hall–Kier alpha value is -1.81. The lowest BCUT2D eigenvalue weighted by atomic mass is 10.1. The van der Waals surface area contributed by atoms with Crippen molar-refractivity contribution in [2.24, 2.45) is 0 Å². The lowest BCUT2D eigenvalue weighted by Gasteiger charge is -2.16. The second kappa shape index (κ2) is 7.18. The zero-order valence-corrected chi connectivity index (χ0v) is 14.7. The minimum Gasteiger partial charge on any atom is -0.484 e. The molecule has 0 unspecified atom stereocenters. The molecule has 1 aliphatic rings. The molecule has 23 heavy (non-hydrogen) atoms. The smallest absolute Gasteiger partial charge is 0.258 e. The van der Waals surface area contributed by atoms with E-state index in [0.717, 1.165) is 28.6 Å². The summed E-state index contributed by atoms with van der Waals surface area (Å²) in [5.74, 6) is 0.656. The van der Waals surface area contributed by atoms with Crippen molar-refractivity contribution >= 4 is 21.8 Å². The summed E-state index contributed by atoms with van der Waals surface area (Å²) in [4.78, 5) is 12.1. The summed E-state index contributed by atoms with van der Waals surface area (Å²) in [6.45, 7) is 2.00. The lowest BCUT2D eigenvalue weighted by molar-refractivity contribution is -0.123. The molecule has 0 saturated heterocycles. The van der Waals surface area contributed by atoms with Gasteiger partial charge in [-0.1, -0.05) is 40.2 Å². The summed E-state index contributed by atoms with van der Waals surface area (Å²) in [7, 11) is 0. The predicted octanol–water partition coefficient (Wildman–Crippen LogP) is 4.19. The molecule has 3 nitrogen and oxygen atoms in total. The van der Waals surface area contributed by atoms with Crippen molar-refractivity contribution in [3.63, 3.8) is 0 Å². The van der Waals surface area contributed by atoms with Crippen molar-refractivity contribution in [2.45, 2.75) is 32.2 Å². The maximum atomic E-state index is 12.1. The molecule has 0 heterocycles. The predicted molar refractivity (Wildman–Crippen MR) is 94.7 cm³/mol. The molecular weight excluding hydrogens is 354 g/mol. The number of benzene rings is 2. The molecule has 3 rings (SSSR count). The van der Waals surface area contributed by atoms with Crippen molar-refractivity contribution in [1.29, 1.82) is 0 Å². The highest BCUT2D eigenvalue weighted by Gasteiger charge is 2.14. The molecule has 120 valence electrons. The number of carbonyl (C=O) groups is 1. The van der Waals surface area contributed by atoms with Crippen LogP contribution in [-0.2, 0) is 17.6 Å². The molecule has 2 aromatic rings. The zero-order chi connectivity index (χ0) is 16.2. The highest BCUT2D eigenvalue weighted by molar-refractivity contribution is 9.10. The molecule has 0 fully saturated rings. The van der Waals surface area contributed by atoms with E-state index < -0.39 is 0 Å². The zero-order valence-electron chi connectivity index (χ0n) is 13.1. The number of hydrogen-bond donors (Lipinski definition) is 1. The molecule has 0 aromatic heterocycles. The Bertz CT molecular complexity index is 714. The van der Waals surface area contributed by atoms with Gasteiger partial charge in [-0.3, -0.25) is 4.79 Å². The summed E-state index contributed by atoms with van der Waals surface area (Å²) in [6.07, 6.45) is 3.47. The number of ether oxygens (including phenoxy) is 1. The molecule has 1 atom stereocenters. The monoisotopic (exact) mass is 373 g/mol. The molecule has 0 spiro atoms. The van der Waals surface area contributed by atoms with Crippen molar-refractivity contribution in [1.82, 2.24) is 5.32 Å². The van der Waals surface area contributed by atoms with E-state index in [1.807, 2.05) is 37.3 Å². The van der Waals surface area contributed by atoms with Gasteiger partial charge < -0.3 is 10.1 Å². The van der Waals surface area contributed by atoms with Crippen LogP contribution in [0.4, 0.5) is 0 Å². The largest absolute Gasteiger partial charge is 0.484 e. The van der Waals surface area contributed by atoms with Gasteiger partial charge in [-0.05, 0) is 61.1 Å². The summed E-state index contributed by atoms with van der Waals surface area (Å²) in [5, 5.41) is 2.97. The van der Waals surface area contributed by atoms with Gasteiger partial charge in [0, 0.05) is 4.47 Å². The van der Waals surface area contributed by atoms with Gasteiger partial charge in [-0.25, -0.2) is 0 Å². The van der Waals surface area contributed by atoms with Crippen LogP contribution in [0.2, 0.25) is 0 Å². The Balaban J connectivity index is 1.54. The van der Waals surface area contributed by atoms with E-state index in [2.05, 4.69) is 33.4 Å². The molecule has 0 aliphatic heterocycles. The van der Waals surface area contributed by atoms with Gasteiger partial charge in [0.15, 0.2) is 6.61 Å². The minimum atomic E-state index is -0.117. The fourth-order valence-corrected chi connectivity index (χ4v) is 3.60. The Morgan fingerprint density at radius 3 is 2.83 bits per heavy atom. The third-order valence-electron chi connectivity index (χ3n) is 4.19. The van der Waals surface area contributed by atoms with Crippen molar-refractivity contribution in [2.75, 3.05) is 6.61 Å². The summed E-state index contributed by atoms with van der Waals surface area (Å²) < 4.78 is 6.63. The molecular formula is C19H20BrNO2. The second-order valence-corrected chi connectivity index (χ2v) is 6.74. The van der Waals surface area contributed by atoms with Crippen LogP contribution in [0.3, 0.4) is 0 Å². The van der Waals surface area contributed by atoms with E-state index >= 15 is 0 Å². The van der Waals surface area contributed by atoms with Gasteiger partial charge in [0.25, 0.3) is 5.91 Å². The van der Waals surface area contributed by atoms with E-state index in [1.165, 1.54) is 17.5 Å². The first-order valence-corrected chi connectivity index (χ1v) is 8.71. The van der Waals surface area contributed by atoms with E-state index in [4.69, 9.17) is 4.74 Å².